The zero-order valence-corrected chi connectivity index (χ0v) is 11.2. The molecule has 0 aliphatic rings. The number of carbonyl (C=O) groups is 1. The minimum absolute atomic E-state index is 0.196. The summed E-state index contributed by atoms with van der Waals surface area (Å²) in [6.07, 6.45) is 0.478. The van der Waals surface area contributed by atoms with E-state index in [1.165, 1.54) is 5.56 Å². The van der Waals surface area contributed by atoms with Crippen LogP contribution < -0.4 is 0 Å². The van der Waals surface area contributed by atoms with Gasteiger partial charge in [-0.3, -0.25) is 4.79 Å². The molecule has 0 heterocycles. The Balaban J connectivity index is 2.24. The van der Waals surface area contributed by atoms with Gasteiger partial charge in [0.1, 0.15) is 0 Å². The van der Waals surface area contributed by atoms with Crippen molar-refractivity contribution >= 4 is 5.78 Å². The van der Waals surface area contributed by atoms with Crippen LogP contribution in [0.5, 0.6) is 0 Å². The van der Waals surface area contributed by atoms with Crippen LogP contribution in [0.2, 0.25) is 0 Å². The fourth-order valence-corrected chi connectivity index (χ4v) is 2.14. The summed E-state index contributed by atoms with van der Waals surface area (Å²) in [7, 11) is 0. The molecule has 2 aromatic rings. The monoisotopic (exact) mass is 238 g/mol. The Labute approximate surface area is 108 Å². The highest BCUT2D eigenvalue weighted by atomic mass is 16.1. The lowest BCUT2D eigenvalue weighted by Gasteiger charge is -2.07. The van der Waals surface area contributed by atoms with Gasteiger partial charge in [0.25, 0.3) is 0 Å². The molecule has 0 radical (unpaired) electrons. The molecular weight excluding hydrogens is 220 g/mol. The summed E-state index contributed by atoms with van der Waals surface area (Å²) >= 11 is 0. The van der Waals surface area contributed by atoms with Crippen LogP contribution in [0.3, 0.4) is 0 Å². The van der Waals surface area contributed by atoms with Crippen molar-refractivity contribution in [2.24, 2.45) is 0 Å². The molecule has 0 amide bonds. The van der Waals surface area contributed by atoms with E-state index in [1.54, 1.807) is 0 Å². The van der Waals surface area contributed by atoms with E-state index >= 15 is 0 Å². The minimum atomic E-state index is 0.196. The highest BCUT2D eigenvalue weighted by Gasteiger charge is 2.10. The molecule has 0 atom stereocenters. The molecule has 1 nitrogen and oxygen atoms in total. The topological polar surface area (TPSA) is 17.1 Å². The van der Waals surface area contributed by atoms with Crippen LogP contribution in [0.15, 0.2) is 42.5 Å². The van der Waals surface area contributed by atoms with Crippen molar-refractivity contribution < 1.29 is 4.79 Å². The fraction of sp³-hybridized carbons (Fsp3) is 0.235. The molecule has 92 valence electrons. The molecule has 0 N–H and O–H groups in total. The van der Waals surface area contributed by atoms with Crippen molar-refractivity contribution in [2.75, 3.05) is 0 Å². The van der Waals surface area contributed by atoms with Gasteiger partial charge in [0.05, 0.1) is 0 Å². The second-order valence-corrected chi connectivity index (χ2v) is 4.91. The molecule has 0 unspecified atom stereocenters. The first-order chi connectivity index (χ1) is 8.56. The molecule has 0 bridgehead atoms. The molecule has 0 fully saturated rings. The summed E-state index contributed by atoms with van der Waals surface area (Å²) in [5.74, 6) is 0.196. The second-order valence-electron chi connectivity index (χ2n) is 4.91. The number of rotatable bonds is 3. The Morgan fingerprint density at radius 1 is 0.944 bits per heavy atom. The number of hydrogen-bond acceptors (Lipinski definition) is 1. The van der Waals surface area contributed by atoms with Crippen molar-refractivity contribution in [3.05, 3.63) is 70.3 Å². The van der Waals surface area contributed by atoms with E-state index in [4.69, 9.17) is 0 Å². The van der Waals surface area contributed by atoms with Crippen molar-refractivity contribution in [2.45, 2.75) is 27.2 Å². The van der Waals surface area contributed by atoms with E-state index in [1.807, 2.05) is 57.2 Å². The molecule has 0 spiro atoms. The van der Waals surface area contributed by atoms with E-state index in [0.717, 1.165) is 22.3 Å². The molecule has 0 aliphatic carbocycles. The summed E-state index contributed by atoms with van der Waals surface area (Å²) in [5, 5.41) is 0. The summed E-state index contributed by atoms with van der Waals surface area (Å²) in [4.78, 5) is 12.3. The van der Waals surface area contributed by atoms with Gasteiger partial charge in [-0.15, -0.1) is 0 Å². The summed E-state index contributed by atoms with van der Waals surface area (Å²) in [5.41, 5.74) is 5.31. The van der Waals surface area contributed by atoms with Crippen LogP contribution >= 0.6 is 0 Å². The molecular formula is C17H18O. The van der Waals surface area contributed by atoms with Crippen LogP contribution in [-0.2, 0) is 6.42 Å². The lowest BCUT2D eigenvalue weighted by molar-refractivity contribution is 0.0992. The fourth-order valence-electron chi connectivity index (χ4n) is 2.14. The van der Waals surface area contributed by atoms with Crippen molar-refractivity contribution in [3.8, 4) is 0 Å². The van der Waals surface area contributed by atoms with Crippen LogP contribution in [-0.4, -0.2) is 5.78 Å². The number of carbonyl (C=O) groups excluding carboxylic acids is 1. The molecule has 1 heteroatoms. The van der Waals surface area contributed by atoms with E-state index in [2.05, 4.69) is 6.07 Å². The highest BCUT2D eigenvalue weighted by molar-refractivity contribution is 5.98. The normalized spacial score (nSPS) is 10.4. The lowest BCUT2D eigenvalue weighted by atomic mass is 9.97. The van der Waals surface area contributed by atoms with Crippen LogP contribution in [0.1, 0.15) is 32.6 Å². The smallest absolute Gasteiger partial charge is 0.167 e. The molecule has 0 saturated carbocycles. The lowest BCUT2D eigenvalue weighted by Crippen LogP contribution is -2.06. The average molecular weight is 238 g/mol. The van der Waals surface area contributed by atoms with Crippen molar-refractivity contribution in [1.29, 1.82) is 0 Å². The third-order valence-corrected chi connectivity index (χ3v) is 3.14. The summed E-state index contributed by atoms with van der Waals surface area (Å²) < 4.78 is 0. The Kier molecular flexibility index (Phi) is 3.61. The molecule has 0 aliphatic heterocycles. The zero-order chi connectivity index (χ0) is 13.1. The minimum Gasteiger partial charge on any atom is -0.294 e. The number of Topliss-reactive ketones (excluding diaryl/α,β-unsaturated/α-hetero) is 1. The van der Waals surface area contributed by atoms with Crippen molar-refractivity contribution in [1.82, 2.24) is 0 Å². The zero-order valence-electron chi connectivity index (χ0n) is 11.2. The largest absolute Gasteiger partial charge is 0.294 e. The van der Waals surface area contributed by atoms with Gasteiger partial charge >= 0.3 is 0 Å². The van der Waals surface area contributed by atoms with Gasteiger partial charge in [0.15, 0.2) is 5.78 Å². The summed E-state index contributed by atoms with van der Waals surface area (Å²) in [6, 6.07) is 14.2. The Morgan fingerprint density at radius 3 is 2.39 bits per heavy atom. The molecule has 0 aromatic heterocycles. The van der Waals surface area contributed by atoms with Crippen molar-refractivity contribution in [3.63, 3.8) is 0 Å². The Morgan fingerprint density at radius 2 is 1.67 bits per heavy atom. The Bertz CT molecular complexity index is 582. The van der Waals surface area contributed by atoms with Gasteiger partial charge in [-0.2, -0.15) is 0 Å². The first-order valence-corrected chi connectivity index (χ1v) is 6.22. The van der Waals surface area contributed by atoms with Crippen LogP contribution in [0.25, 0.3) is 0 Å². The maximum Gasteiger partial charge on any atom is 0.167 e. The highest BCUT2D eigenvalue weighted by Crippen LogP contribution is 2.14. The number of ketones is 1. The van der Waals surface area contributed by atoms with E-state index in [-0.39, 0.29) is 5.78 Å². The number of benzene rings is 2. The Hall–Kier alpha value is -1.89. The second kappa shape index (κ2) is 5.18. The van der Waals surface area contributed by atoms with Gasteiger partial charge in [-0.25, -0.2) is 0 Å². The first kappa shape index (κ1) is 12.6. The predicted molar refractivity (Wildman–Crippen MR) is 75.1 cm³/mol. The van der Waals surface area contributed by atoms with E-state index < -0.39 is 0 Å². The third-order valence-electron chi connectivity index (χ3n) is 3.14. The molecule has 0 saturated heterocycles. The molecule has 2 aromatic carbocycles. The quantitative estimate of drug-likeness (QED) is 0.738. The predicted octanol–water partition coefficient (Wildman–Crippen LogP) is 4.04. The average Bonchev–Trinajstić information content (AvgIpc) is 2.32. The maximum atomic E-state index is 12.3. The third kappa shape index (κ3) is 2.86. The summed E-state index contributed by atoms with van der Waals surface area (Å²) in [6.45, 7) is 6.05. The number of hydrogen-bond donors (Lipinski definition) is 0. The molecule has 18 heavy (non-hydrogen) atoms. The van der Waals surface area contributed by atoms with E-state index in [9.17, 15) is 4.79 Å². The van der Waals surface area contributed by atoms with Crippen LogP contribution in [0, 0.1) is 20.8 Å². The van der Waals surface area contributed by atoms with Gasteiger partial charge in [-0.05, 0) is 38.0 Å². The van der Waals surface area contributed by atoms with Gasteiger partial charge in [0, 0.05) is 12.0 Å². The SMILES string of the molecule is Cc1cccc(CC(=O)c2cc(C)ccc2C)c1. The molecule has 2 rings (SSSR count). The van der Waals surface area contributed by atoms with Crippen LogP contribution in [0.4, 0.5) is 0 Å². The van der Waals surface area contributed by atoms with Gasteiger partial charge in [-0.1, -0.05) is 47.5 Å². The standard InChI is InChI=1S/C17H18O/c1-12-5-4-6-15(9-12)11-17(18)16-10-13(2)7-8-14(16)3/h4-10H,11H2,1-3H3. The maximum absolute atomic E-state index is 12.3. The van der Waals surface area contributed by atoms with Gasteiger partial charge < -0.3 is 0 Å². The van der Waals surface area contributed by atoms with Gasteiger partial charge in [0.2, 0.25) is 0 Å². The first-order valence-electron chi connectivity index (χ1n) is 6.22. The van der Waals surface area contributed by atoms with E-state index in [0.29, 0.717) is 6.42 Å². The number of aryl methyl sites for hydroxylation is 3.